The van der Waals surface area contributed by atoms with E-state index in [9.17, 15) is 18.0 Å². The Labute approximate surface area is 227 Å². The molecule has 214 valence electrons. The fourth-order valence-corrected chi connectivity index (χ4v) is 10.3. The van der Waals surface area contributed by atoms with Crippen molar-refractivity contribution in [1.29, 1.82) is 0 Å². The Hall–Kier alpha value is -1.23. The first-order valence-corrected chi connectivity index (χ1v) is 16.8. The maximum atomic E-state index is 13.7. The molecule has 3 heterocycles. The van der Waals surface area contributed by atoms with Crippen LogP contribution in [0.2, 0.25) is 0 Å². The molecule has 0 aromatic carbocycles. The van der Waals surface area contributed by atoms with Crippen LogP contribution in [0.5, 0.6) is 0 Å². The van der Waals surface area contributed by atoms with Crippen LogP contribution in [0.25, 0.3) is 0 Å². The number of carbonyl (C=O) groups excluding carboxylic acids is 2. The number of nitrogens with one attached hydrogen (secondary N) is 2. The number of ether oxygens (including phenoxy) is 1. The molecule has 2 amide bonds. The predicted molar refractivity (Wildman–Crippen MR) is 143 cm³/mol. The van der Waals surface area contributed by atoms with Crippen molar-refractivity contribution in [3.8, 4) is 0 Å². The van der Waals surface area contributed by atoms with E-state index in [4.69, 9.17) is 9.88 Å². The van der Waals surface area contributed by atoms with Crippen LogP contribution in [0.15, 0.2) is 0 Å². The maximum Gasteiger partial charge on any atom is 0.248 e. The third-order valence-electron chi connectivity index (χ3n) is 11.1. The summed E-state index contributed by atoms with van der Waals surface area (Å²) in [5.74, 6) is 2.35. The largest absolute Gasteiger partial charge is 0.365 e. The van der Waals surface area contributed by atoms with E-state index in [-0.39, 0.29) is 23.8 Å². The lowest BCUT2D eigenvalue weighted by Gasteiger charge is -2.52. The van der Waals surface area contributed by atoms with Gasteiger partial charge in [-0.1, -0.05) is 12.8 Å². The summed E-state index contributed by atoms with van der Waals surface area (Å²) in [6.45, 7) is 3.44. The molecular formula is C28H46N4O5S. The minimum absolute atomic E-state index is 0.0502. The highest BCUT2D eigenvalue weighted by Crippen LogP contribution is 2.54. The summed E-state index contributed by atoms with van der Waals surface area (Å²) < 4.78 is 29.5. The summed E-state index contributed by atoms with van der Waals surface area (Å²) in [4.78, 5) is 28.9. The molecule has 3 saturated carbocycles. The third kappa shape index (κ3) is 4.92. The van der Waals surface area contributed by atoms with E-state index in [0.29, 0.717) is 61.2 Å². The molecule has 3 aliphatic heterocycles. The molecule has 8 unspecified atom stereocenters. The Morgan fingerprint density at radius 1 is 1.05 bits per heavy atom. The van der Waals surface area contributed by atoms with Crippen molar-refractivity contribution < 1.29 is 22.7 Å². The second-order valence-corrected chi connectivity index (χ2v) is 15.0. The molecule has 0 bridgehead atoms. The number of rotatable bonds is 6. The van der Waals surface area contributed by atoms with E-state index in [0.717, 1.165) is 51.5 Å². The number of primary sulfonamides is 1. The zero-order chi connectivity index (χ0) is 26.6. The zero-order valence-electron chi connectivity index (χ0n) is 22.7. The molecule has 0 spiro atoms. The van der Waals surface area contributed by atoms with Gasteiger partial charge in [0.25, 0.3) is 0 Å². The van der Waals surface area contributed by atoms with E-state index in [1.165, 1.54) is 19.3 Å². The number of hydrogen-bond acceptors (Lipinski definition) is 6. The quantitative estimate of drug-likeness (QED) is 0.463. The van der Waals surface area contributed by atoms with Crippen LogP contribution in [-0.4, -0.2) is 73.8 Å². The van der Waals surface area contributed by atoms with Gasteiger partial charge in [0, 0.05) is 24.5 Å². The fraction of sp³-hybridized carbons (Fsp3) is 0.929. The number of carbonyl (C=O) groups is 2. The lowest BCUT2D eigenvalue weighted by molar-refractivity contribution is -0.152. The first-order valence-electron chi connectivity index (χ1n) is 15.2. The topological polar surface area (TPSA) is 131 Å². The second kappa shape index (κ2) is 10.6. The SMILES string of the molecule is C[C@@H](OC1CCC2C(C1)C1CCNC3C4CCCCC4C(=O)N2C13)C(=O)NCC1CCC(S(N)(=O)=O)CC1. The van der Waals surface area contributed by atoms with Crippen molar-refractivity contribution in [1.82, 2.24) is 15.5 Å². The van der Waals surface area contributed by atoms with Crippen molar-refractivity contribution in [2.24, 2.45) is 34.7 Å². The van der Waals surface area contributed by atoms with Gasteiger partial charge in [-0.15, -0.1) is 0 Å². The predicted octanol–water partition coefficient (Wildman–Crippen LogP) is 1.90. The Kier molecular flexibility index (Phi) is 7.55. The molecule has 6 fully saturated rings. The summed E-state index contributed by atoms with van der Waals surface area (Å²) in [5.41, 5.74) is 0. The van der Waals surface area contributed by atoms with Crippen LogP contribution in [0.1, 0.15) is 84.0 Å². The van der Waals surface area contributed by atoms with Crippen molar-refractivity contribution in [2.45, 2.75) is 120 Å². The average Bonchev–Trinajstić information content (AvgIpc) is 3.25. The van der Waals surface area contributed by atoms with Crippen LogP contribution < -0.4 is 15.8 Å². The minimum atomic E-state index is -3.47. The lowest BCUT2D eigenvalue weighted by Crippen LogP contribution is -2.66. The average molecular weight is 551 g/mol. The summed E-state index contributed by atoms with van der Waals surface area (Å²) in [6, 6.07) is 1.13. The van der Waals surface area contributed by atoms with Gasteiger partial charge in [-0.2, -0.15) is 0 Å². The maximum absolute atomic E-state index is 13.7. The molecule has 38 heavy (non-hydrogen) atoms. The van der Waals surface area contributed by atoms with Gasteiger partial charge < -0.3 is 20.3 Å². The van der Waals surface area contributed by atoms with Crippen LogP contribution >= 0.6 is 0 Å². The molecule has 0 aromatic heterocycles. The van der Waals surface area contributed by atoms with Crippen LogP contribution in [0.4, 0.5) is 0 Å². The van der Waals surface area contributed by atoms with Gasteiger partial charge >= 0.3 is 0 Å². The Morgan fingerprint density at radius 3 is 2.58 bits per heavy atom. The van der Waals surface area contributed by atoms with Crippen LogP contribution in [-0.2, 0) is 24.3 Å². The van der Waals surface area contributed by atoms with Gasteiger partial charge in [-0.3, -0.25) is 9.59 Å². The van der Waals surface area contributed by atoms with Gasteiger partial charge in [0.05, 0.1) is 17.4 Å². The molecule has 9 atom stereocenters. The second-order valence-electron chi connectivity index (χ2n) is 13.1. The normalized spacial score (nSPS) is 43.5. The van der Waals surface area contributed by atoms with E-state index in [2.05, 4.69) is 15.5 Å². The number of hydrogen-bond donors (Lipinski definition) is 3. The van der Waals surface area contributed by atoms with Crippen LogP contribution in [0.3, 0.4) is 0 Å². The van der Waals surface area contributed by atoms with Crippen molar-refractivity contribution >= 4 is 21.8 Å². The number of fused-ring (bicyclic) bond motifs is 5. The van der Waals surface area contributed by atoms with E-state index in [1.807, 2.05) is 6.92 Å². The number of amides is 2. The molecular weight excluding hydrogens is 504 g/mol. The van der Waals surface area contributed by atoms with Crippen LogP contribution in [0, 0.1) is 29.6 Å². The fourth-order valence-electron chi connectivity index (χ4n) is 9.33. The first-order chi connectivity index (χ1) is 18.2. The standard InChI is InChI=1S/C28H46N4O5S/c1-16(27(33)31-15-17-6-9-19(10-7-17)38(29,35)36)37-18-8-11-24-23(14-18)21-12-13-30-25-20-4-2-3-5-22(20)28(34)32(24)26(21)25/h16-26,30H,2-15H2,1H3,(H,31,33)(H2,29,35,36)/t16-,17?,18?,19?,20?,21?,22?,23?,24?,25?,26?/m1/s1. The summed E-state index contributed by atoms with van der Waals surface area (Å²) >= 11 is 0. The molecule has 0 aromatic rings. The number of sulfonamides is 1. The van der Waals surface area contributed by atoms with E-state index >= 15 is 0 Å². The van der Waals surface area contributed by atoms with E-state index < -0.39 is 21.4 Å². The zero-order valence-corrected chi connectivity index (χ0v) is 23.5. The molecule has 6 rings (SSSR count). The molecule has 3 aliphatic carbocycles. The van der Waals surface area contributed by atoms with Gasteiger partial charge in [0.2, 0.25) is 21.8 Å². The summed E-state index contributed by atoms with van der Waals surface area (Å²) in [7, 11) is -3.47. The molecule has 10 heteroatoms. The molecule has 6 aliphatic rings. The third-order valence-corrected chi connectivity index (χ3v) is 12.5. The highest BCUT2D eigenvalue weighted by molar-refractivity contribution is 7.89. The lowest BCUT2D eigenvalue weighted by atomic mass is 9.66. The number of nitrogens with two attached hydrogens (primary N) is 1. The van der Waals surface area contributed by atoms with Gasteiger partial charge in [0.15, 0.2) is 0 Å². The number of piperidine rings is 2. The molecule has 3 saturated heterocycles. The van der Waals surface area contributed by atoms with Crippen molar-refractivity contribution in [3.63, 3.8) is 0 Å². The van der Waals surface area contributed by atoms with Crippen molar-refractivity contribution in [3.05, 3.63) is 0 Å². The van der Waals surface area contributed by atoms with Gasteiger partial charge in [0.1, 0.15) is 6.10 Å². The summed E-state index contributed by atoms with van der Waals surface area (Å²) in [6.07, 6.45) is 10.8. The van der Waals surface area contributed by atoms with Gasteiger partial charge in [-0.25, -0.2) is 13.6 Å². The Morgan fingerprint density at radius 2 is 1.82 bits per heavy atom. The highest BCUT2D eigenvalue weighted by atomic mass is 32.2. The molecule has 0 radical (unpaired) electrons. The monoisotopic (exact) mass is 550 g/mol. The smallest absolute Gasteiger partial charge is 0.248 e. The summed E-state index contributed by atoms with van der Waals surface area (Å²) in [5, 5.41) is 11.7. The van der Waals surface area contributed by atoms with E-state index in [1.54, 1.807) is 0 Å². The Balaban J connectivity index is 1.03. The number of nitrogens with zero attached hydrogens (tertiary/aromatic N) is 1. The first kappa shape index (κ1) is 27.0. The highest BCUT2D eigenvalue weighted by Gasteiger charge is 2.61. The van der Waals surface area contributed by atoms with Gasteiger partial charge in [-0.05, 0) is 101 Å². The molecule has 4 N–H and O–H groups in total. The van der Waals surface area contributed by atoms with Crippen molar-refractivity contribution in [2.75, 3.05) is 13.1 Å². The Bertz CT molecular complexity index is 1010. The minimum Gasteiger partial charge on any atom is -0.365 e. The molecule has 9 nitrogen and oxygen atoms in total.